The smallest absolute Gasteiger partial charge is 0.122 e. The van der Waals surface area contributed by atoms with Crippen LogP contribution in [0.5, 0.6) is 5.75 Å². The maximum absolute atomic E-state index is 5.81. The maximum Gasteiger partial charge on any atom is 0.122 e. The molecule has 1 aliphatic rings. The molecule has 2 atom stereocenters. The lowest BCUT2D eigenvalue weighted by molar-refractivity contribution is 0.244. The number of aromatic nitrogens is 1. The van der Waals surface area contributed by atoms with Gasteiger partial charge in [0.1, 0.15) is 5.75 Å². The molecule has 110 valence electrons. The van der Waals surface area contributed by atoms with E-state index in [1.54, 1.807) is 0 Å². The molecule has 0 amide bonds. The van der Waals surface area contributed by atoms with Gasteiger partial charge < -0.3 is 4.74 Å². The Kier molecular flexibility index (Phi) is 4.53. The highest BCUT2D eigenvalue weighted by atomic mass is 79.9. The Morgan fingerprint density at radius 3 is 2.95 bits per heavy atom. The molecule has 21 heavy (non-hydrogen) atoms. The molecule has 1 aromatic carbocycles. The number of nitrogens with one attached hydrogen (secondary N) is 1. The van der Waals surface area contributed by atoms with Gasteiger partial charge in [-0.15, -0.1) is 0 Å². The first kappa shape index (κ1) is 14.5. The molecule has 0 saturated carbocycles. The second-order valence-corrected chi connectivity index (χ2v) is 6.14. The normalized spacial score (nSPS) is 18.7. The van der Waals surface area contributed by atoms with E-state index >= 15 is 0 Å². The van der Waals surface area contributed by atoms with Crippen LogP contribution in [0, 0.1) is 0 Å². The Hall–Kier alpha value is -1.43. The Morgan fingerprint density at radius 1 is 1.33 bits per heavy atom. The van der Waals surface area contributed by atoms with E-state index in [0.717, 1.165) is 35.4 Å². The highest BCUT2D eigenvalue weighted by Gasteiger charge is 2.28. The van der Waals surface area contributed by atoms with E-state index in [9.17, 15) is 0 Å². The zero-order valence-electron chi connectivity index (χ0n) is 11.6. The summed E-state index contributed by atoms with van der Waals surface area (Å²) >= 11 is 3.41. The van der Waals surface area contributed by atoms with Gasteiger partial charge in [0.05, 0.1) is 6.61 Å². The number of rotatable bonds is 4. The summed E-state index contributed by atoms with van der Waals surface area (Å²) in [6.45, 7) is 0.730. The van der Waals surface area contributed by atoms with Crippen LogP contribution in [0.25, 0.3) is 0 Å². The van der Waals surface area contributed by atoms with Gasteiger partial charge in [0.15, 0.2) is 0 Å². The number of halogens is 1. The molecule has 0 bridgehead atoms. The molecule has 4 nitrogen and oxygen atoms in total. The molecule has 1 aliphatic heterocycles. The van der Waals surface area contributed by atoms with Crippen molar-refractivity contribution in [2.45, 2.75) is 24.8 Å². The quantitative estimate of drug-likeness (QED) is 0.659. The minimum atomic E-state index is 0.142. The number of hydrazine groups is 1. The SMILES string of the molecule is NNC(Cc1ccc(Br)cn1)C1CCOc2ccccc21. The van der Waals surface area contributed by atoms with Gasteiger partial charge in [-0.05, 0) is 46.1 Å². The number of para-hydroxylation sites is 1. The average Bonchev–Trinajstić information content (AvgIpc) is 2.54. The van der Waals surface area contributed by atoms with E-state index < -0.39 is 0 Å². The van der Waals surface area contributed by atoms with Crippen LogP contribution in [0.3, 0.4) is 0 Å². The first-order valence-electron chi connectivity index (χ1n) is 7.06. The molecular weight excluding hydrogens is 330 g/mol. The predicted molar refractivity (Wildman–Crippen MR) is 86.0 cm³/mol. The van der Waals surface area contributed by atoms with Gasteiger partial charge in [-0.1, -0.05) is 18.2 Å². The molecule has 3 rings (SSSR count). The monoisotopic (exact) mass is 347 g/mol. The van der Waals surface area contributed by atoms with Crippen LogP contribution in [0.1, 0.15) is 23.6 Å². The molecule has 3 N–H and O–H groups in total. The molecule has 2 heterocycles. The van der Waals surface area contributed by atoms with Crippen LogP contribution in [-0.2, 0) is 6.42 Å². The third-order valence-electron chi connectivity index (χ3n) is 3.92. The Labute approximate surface area is 132 Å². The van der Waals surface area contributed by atoms with Crippen molar-refractivity contribution in [3.05, 3.63) is 58.3 Å². The number of nitrogens with two attached hydrogens (primary N) is 1. The fourth-order valence-corrected chi connectivity index (χ4v) is 3.09. The topological polar surface area (TPSA) is 60.2 Å². The first-order chi connectivity index (χ1) is 10.3. The number of fused-ring (bicyclic) bond motifs is 1. The summed E-state index contributed by atoms with van der Waals surface area (Å²) in [5.74, 6) is 7.12. The van der Waals surface area contributed by atoms with Gasteiger partial charge in [0.25, 0.3) is 0 Å². The van der Waals surface area contributed by atoms with E-state index in [4.69, 9.17) is 10.6 Å². The van der Waals surface area contributed by atoms with Crippen LogP contribution in [0.4, 0.5) is 0 Å². The van der Waals surface area contributed by atoms with Gasteiger partial charge in [0, 0.05) is 34.7 Å². The summed E-state index contributed by atoms with van der Waals surface area (Å²) < 4.78 is 6.71. The van der Waals surface area contributed by atoms with Crippen molar-refractivity contribution in [1.82, 2.24) is 10.4 Å². The summed E-state index contributed by atoms with van der Waals surface area (Å²) in [5.41, 5.74) is 5.23. The highest BCUT2D eigenvalue weighted by Crippen LogP contribution is 2.36. The second kappa shape index (κ2) is 6.56. The molecule has 0 aliphatic carbocycles. The minimum absolute atomic E-state index is 0.142. The Morgan fingerprint density at radius 2 is 2.19 bits per heavy atom. The van der Waals surface area contributed by atoms with Gasteiger partial charge >= 0.3 is 0 Å². The van der Waals surface area contributed by atoms with Crippen LogP contribution in [-0.4, -0.2) is 17.6 Å². The number of nitrogens with zero attached hydrogens (tertiary/aromatic N) is 1. The van der Waals surface area contributed by atoms with Crippen LogP contribution in [0.2, 0.25) is 0 Å². The van der Waals surface area contributed by atoms with Gasteiger partial charge in [-0.2, -0.15) is 0 Å². The molecule has 0 fully saturated rings. The van der Waals surface area contributed by atoms with Crippen LogP contribution < -0.4 is 16.0 Å². The largest absolute Gasteiger partial charge is 0.493 e. The minimum Gasteiger partial charge on any atom is -0.493 e. The zero-order valence-corrected chi connectivity index (χ0v) is 13.2. The van der Waals surface area contributed by atoms with E-state index in [-0.39, 0.29) is 6.04 Å². The number of hydrogen-bond donors (Lipinski definition) is 2. The lowest BCUT2D eigenvalue weighted by Gasteiger charge is -2.31. The lowest BCUT2D eigenvalue weighted by atomic mass is 9.85. The second-order valence-electron chi connectivity index (χ2n) is 5.23. The van der Waals surface area contributed by atoms with Gasteiger partial charge in [0.2, 0.25) is 0 Å². The van der Waals surface area contributed by atoms with Crippen molar-refractivity contribution in [2.75, 3.05) is 6.61 Å². The van der Waals surface area contributed by atoms with Crippen LogP contribution >= 0.6 is 15.9 Å². The van der Waals surface area contributed by atoms with Crippen molar-refractivity contribution in [3.8, 4) is 5.75 Å². The van der Waals surface area contributed by atoms with Gasteiger partial charge in [-0.3, -0.25) is 16.3 Å². The molecule has 0 spiro atoms. The van der Waals surface area contributed by atoms with Crippen molar-refractivity contribution in [1.29, 1.82) is 0 Å². The Bertz CT molecular complexity index is 603. The van der Waals surface area contributed by atoms with Crippen LogP contribution in [0.15, 0.2) is 47.1 Å². The number of benzene rings is 1. The van der Waals surface area contributed by atoms with Crippen molar-refractivity contribution >= 4 is 15.9 Å². The molecule has 2 aromatic rings. The third kappa shape index (κ3) is 3.26. The number of hydrogen-bond acceptors (Lipinski definition) is 4. The molecule has 2 unspecified atom stereocenters. The van der Waals surface area contributed by atoms with E-state index in [1.165, 1.54) is 5.56 Å². The summed E-state index contributed by atoms with van der Waals surface area (Å²) in [4.78, 5) is 4.44. The fourth-order valence-electron chi connectivity index (χ4n) is 2.86. The zero-order chi connectivity index (χ0) is 14.7. The fraction of sp³-hybridized carbons (Fsp3) is 0.312. The molecule has 5 heteroatoms. The number of pyridine rings is 1. The highest BCUT2D eigenvalue weighted by molar-refractivity contribution is 9.10. The average molecular weight is 348 g/mol. The van der Waals surface area contributed by atoms with Crippen molar-refractivity contribution in [2.24, 2.45) is 5.84 Å². The van der Waals surface area contributed by atoms with Crippen molar-refractivity contribution in [3.63, 3.8) is 0 Å². The van der Waals surface area contributed by atoms with E-state index in [0.29, 0.717) is 5.92 Å². The molecule has 0 saturated heterocycles. The maximum atomic E-state index is 5.81. The van der Waals surface area contributed by atoms with E-state index in [1.807, 2.05) is 36.5 Å². The standard InChI is InChI=1S/C16H18BrN3O/c17-11-5-6-12(19-10-11)9-15(20-18)13-7-8-21-16-4-2-1-3-14(13)16/h1-6,10,13,15,20H,7-9,18H2. The number of ether oxygens (including phenoxy) is 1. The van der Waals surface area contributed by atoms with Crippen molar-refractivity contribution < 1.29 is 4.74 Å². The Balaban J connectivity index is 1.82. The summed E-state index contributed by atoms with van der Waals surface area (Å²) in [7, 11) is 0. The first-order valence-corrected chi connectivity index (χ1v) is 7.85. The summed E-state index contributed by atoms with van der Waals surface area (Å²) in [6.07, 6.45) is 3.58. The molecular formula is C16H18BrN3O. The molecule has 1 aromatic heterocycles. The summed E-state index contributed by atoms with van der Waals surface area (Å²) in [6, 6.07) is 12.4. The predicted octanol–water partition coefficient (Wildman–Crippen LogP) is 2.78. The lowest BCUT2D eigenvalue weighted by Crippen LogP contribution is -2.43. The summed E-state index contributed by atoms with van der Waals surface area (Å²) in [5, 5.41) is 0. The van der Waals surface area contributed by atoms with Gasteiger partial charge in [-0.25, -0.2) is 0 Å². The third-order valence-corrected chi connectivity index (χ3v) is 4.39. The van der Waals surface area contributed by atoms with E-state index in [2.05, 4.69) is 32.4 Å². The molecule has 0 radical (unpaired) electrons.